The first-order valence-corrected chi connectivity index (χ1v) is 7.97. The number of nitrogens with one attached hydrogen (secondary N) is 1. The van der Waals surface area contributed by atoms with Crippen molar-refractivity contribution >= 4 is 54.3 Å². The van der Waals surface area contributed by atoms with Gasteiger partial charge in [-0.15, -0.1) is 25.3 Å². The lowest BCUT2D eigenvalue weighted by atomic mass is 10.0. The van der Waals surface area contributed by atoms with E-state index in [0.717, 1.165) is 0 Å². The topological polar surface area (TPSA) is 68.6 Å². The Hall–Kier alpha value is 0.160. The van der Waals surface area contributed by atoms with Gasteiger partial charge in [0.25, 0.3) is 0 Å². The number of hydrogen-bond donors (Lipinski definition) is 3. The summed E-state index contributed by atoms with van der Waals surface area (Å²) in [6.45, 7) is 2.60. The molecule has 0 fully saturated rings. The van der Waals surface area contributed by atoms with Crippen molar-refractivity contribution in [1.29, 1.82) is 0 Å². The summed E-state index contributed by atoms with van der Waals surface area (Å²) in [7, 11) is 1.60. The van der Waals surface area contributed by atoms with Gasteiger partial charge in [0.1, 0.15) is 0 Å². The highest BCUT2D eigenvalue weighted by molar-refractivity contribution is 8.10. The molecule has 2 heterocycles. The number of hydrogen-bond acceptors (Lipinski definition) is 10. The Morgan fingerprint density at radius 2 is 2.37 bits per heavy atom. The molecule has 2 atom stereocenters. The number of nitrogens with zero attached hydrogens (tertiary/aromatic N) is 3. The quantitative estimate of drug-likeness (QED) is 0.416. The molecule has 0 aliphatic carbocycles. The van der Waals surface area contributed by atoms with Crippen LogP contribution in [0, 0.1) is 0 Å². The van der Waals surface area contributed by atoms with Crippen molar-refractivity contribution in [2.75, 3.05) is 20.3 Å². The van der Waals surface area contributed by atoms with Crippen molar-refractivity contribution in [1.82, 2.24) is 14.1 Å². The van der Waals surface area contributed by atoms with E-state index in [1.165, 1.54) is 23.5 Å². The molecule has 1 aliphatic rings. The zero-order valence-electron chi connectivity index (χ0n) is 10.4. The number of aliphatic imine (C=N–C) groups is 1. The van der Waals surface area contributed by atoms with E-state index in [4.69, 9.17) is 9.47 Å². The maximum absolute atomic E-state index is 5.81. The molecule has 1 aromatic heterocycles. The molecule has 10 heteroatoms. The van der Waals surface area contributed by atoms with Crippen LogP contribution in [0.1, 0.15) is 12.7 Å². The number of thiol groups is 2. The molecule has 0 spiro atoms. The standard InChI is InChI=1S/C9H14N4O2S4/c1-3-15-9(17,6-11-7(16)19-12-6)8(4-14-2)10-5-18-13-8/h5,13,17H,3-4H2,1-2H3,(H,11,12,16). The molecule has 0 saturated carbocycles. The Balaban J connectivity index is 2.45. The number of methoxy groups -OCH3 is 1. The average molecular weight is 339 g/mol. The number of aromatic nitrogens is 2. The largest absolute Gasteiger partial charge is 0.381 e. The van der Waals surface area contributed by atoms with E-state index in [2.05, 4.69) is 44.3 Å². The lowest BCUT2D eigenvalue weighted by Crippen LogP contribution is -2.58. The third-order valence-corrected chi connectivity index (χ3v) is 4.77. The Morgan fingerprint density at radius 3 is 2.84 bits per heavy atom. The Morgan fingerprint density at radius 1 is 1.58 bits per heavy atom. The highest BCUT2D eigenvalue weighted by Gasteiger charge is 2.56. The van der Waals surface area contributed by atoms with E-state index in [1.807, 2.05) is 6.92 Å². The first-order chi connectivity index (χ1) is 9.08. The Labute approximate surface area is 130 Å². The molecule has 0 saturated heterocycles. The van der Waals surface area contributed by atoms with Crippen LogP contribution < -0.4 is 4.72 Å². The van der Waals surface area contributed by atoms with Gasteiger partial charge >= 0.3 is 0 Å². The van der Waals surface area contributed by atoms with Gasteiger partial charge in [-0.2, -0.15) is 4.37 Å². The summed E-state index contributed by atoms with van der Waals surface area (Å²) in [6, 6.07) is 0. The second-order valence-electron chi connectivity index (χ2n) is 3.73. The summed E-state index contributed by atoms with van der Waals surface area (Å²) in [5.41, 5.74) is 0.809. The van der Waals surface area contributed by atoms with Gasteiger partial charge in [-0.1, -0.05) is 0 Å². The fraction of sp³-hybridized carbons (Fsp3) is 0.667. The van der Waals surface area contributed by atoms with Crippen LogP contribution in [0.15, 0.2) is 9.33 Å². The zero-order valence-corrected chi connectivity index (χ0v) is 13.8. The summed E-state index contributed by atoms with van der Waals surface area (Å²) in [6.07, 6.45) is 0. The highest BCUT2D eigenvalue weighted by atomic mass is 32.2. The van der Waals surface area contributed by atoms with Gasteiger partial charge in [0, 0.05) is 13.7 Å². The first kappa shape index (κ1) is 15.5. The van der Waals surface area contributed by atoms with Crippen LogP contribution in [0.2, 0.25) is 0 Å². The van der Waals surface area contributed by atoms with Crippen LogP contribution in [0.5, 0.6) is 0 Å². The van der Waals surface area contributed by atoms with Crippen molar-refractivity contribution in [3.63, 3.8) is 0 Å². The lowest BCUT2D eigenvalue weighted by Gasteiger charge is -2.39. The first-order valence-electron chi connectivity index (χ1n) is 5.43. The Kier molecular flexibility index (Phi) is 5.15. The summed E-state index contributed by atoms with van der Waals surface area (Å²) in [5, 5.41) is 0. The Bertz CT molecular complexity index is 471. The molecule has 0 amide bonds. The van der Waals surface area contributed by atoms with Crippen molar-refractivity contribution in [3.05, 3.63) is 5.82 Å². The monoisotopic (exact) mass is 338 g/mol. The molecule has 0 aromatic carbocycles. The van der Waals surface area contributed by atoms with Gasteiger partial charge in [0.2, 0.25) is 4.93 Å². The maximum Gasteiger partial charge on any atom is 0.213 e. The van der Waals surface area contributed by atoms with Crippen LogP contribution in [0.3, 0.4) is 0 Å². The molecule has 0 bridgehead atoms. The van der Waals surface area contributed by atoms with Crippen molar-refractivity contribution in [2.45, 2.75) is 21.9 Å². The second kappa shape index (κ2) is 6.29. The molecule has 19 heavy (non-hydrogen) atoms. The second-order valence-corrected chi connectivity index (χ2v) is 6.48. The predicted molar refractivity (Wildman–Crippen MR) is 83.3 cm³/mol. The van der Waals surface area contributed by atoms with E-state index in [1.54, 1.807) is 12.7 Å². The van der Waals surface area contributed by atoms with Gasteiger partial charge in [0.05, 0.1) is 12.2 Å². The molecule has 1 aliphatic heterocycles. The third kappa shape index (κ3) is 2.80. The number of rotatable bonds is 6. The van der Waals surface area contributed by atoms with Crippen molar-refractivity contribution < 1.29 is 9.47 Å². The normalized spacial score (nSPS) is 25.7. The molecule has 1 N–H and O–H groups in total. The molecule has 2 rings (SSSR count). The van der Waals surface area contributed by atoms with Gasteiger partial charge < -0.3 is 9.47 Å². The molecular weight excluding hydrogens is 324 g/mol. The van der Waals surface area contributed by atoms with E-state index in [-0.39, 0.29) is 6.61 Å². The summed E-state index contributed by atoms with van der Waals surface area (Å²) < 4.78 is 19.0. The zero-order chi connectivity index (χ0) is 13.9. The minimum absolute atomic E-state index is 0.279. The van der Waals surface area contributed by atoms with Crippen LogP contribution >= 0.6 is 48.7 Å². The van der Waals surface area contributed by atoms with Crippen LogP contribution in [-0.4, -0.2) is 40.9 Å². The number of ether oxygens (including phenoxy) is 2. The van der Waals surface area contributed by atoms with Crippen LogP contribution in [-0.2, 0) is 14.4 Å². The molecule has 6 nitrogen and oxygen atoms in total. The maximum atomic E-state index is 5.81. The molecule has 1 aromatic rings. The molecular formula is C9H14N4O2S4. The SMILES string of the molecule is CCOC(S)(c1nsc(S)n1)C1(COC)N=CSN1. The molecule has 2 unspecified atom stereocenters. The van der Waals surface area contributed by atoms with Gasteiger partial charge in [0.15, 0.2) is 15.8 Å². The third-order valence-electron chi connectivity index (χ3n) is 2.54. The van der Waals surface area contributed by atoms with Crippen molar-refractivity contribution in [2.24, 2.45) is 4.99 Å². The fourth-order valence-corrected chi connectivity index (χ4v) is 3.70. The van der Waals surface area contributed by atoms with Crippen LogP contribution in [0.4, 0.5) is 0 Å². The van der Waals surface area contributed by atoms with Crippen LogP contribution in [0.25, 0.3) is 0 Å². The van der Waals surface area contributed by atoms with Gasteiger partial charge in [-0.05, 0) is 30.4 Å². The van der Waals surface area contributed by atoms with Gasteiger partial charge in [-0.25, -0.2) is 9.71 Å². The smallest absolute Gasteiger partial charge is 0.213 e. The highest BCUT2D eigenvalue weighted by Crippen LogP contribution is 2.43. The van der Waals surface area contributed by atoms with E-state index in [0.29, 0.717) is 16.8 Å². The van der Waals surface area contributed by atoms with E-state index < -0.39 is 10.6 Å². The minimum Gasteiger partial charge on any atom is -0.381 e. The summed E-state index contributed by atoms with van der Waals surface area (Å²) in [4.78, 5) is 7.57. The van der Waals surface area contributed by atoms with Crippen molar-refractivity contribution in [3.8, 4) is 0 Å². The lowest BCUT2D eigenvalue weighted by molar-refractivity contribution is -0.0583. The summed E-state index contributed by atoms with van der Waals surface area (Å²) in [5.74, 6) is 0.428. The van der Waals surface area contributed by atoms with E-state index >= 15 is 0 Å². The molecule has 106 valence electrons. The molecule has 0 radical (unpaired) electrons. The average Bonchev–Trinajstić information content (AvgIpc) is 3.00. The minimum atomic E-state index is -1.13. The summed E-state index contributed by atoms with van der Waals surface area (Å²) >= 11 is 11.4. The fourth-order valence-electron chi connectivity index (χ4n) is 1.73. The predicted octanol–water partition coefficient (Wildman–Crippen LogP) is 1.57. The van der Waals surface area contributed by atoms with E-state index in [9.17, 15) is 0 Å². The van der Waals surface area contributed by atoms with Gasteiger partial charge in [-0.3, -0.25) is 4.99 Å².